The molecule has 0 saturated carbocycles. The van der Waals surface area contributed by atoms with Crippen molar-refractivity contribution >= 4 is 27.1 Å². The van der Waals surface area contributed by atoms with Gasteiger partial charge in [0.15, 0.2) is 9.84 Å². The molecular formula is C22H25N3O3S. The van der Waals surface area contributed by atoms with Gasteiger partial charge in [0.25, 0.3) is 0 Å². The van der Waals surface area contributed by atoms with E-state index in [1.54, 1.807) is 18.2 Å². The van der Waals surface area contributed by atoms with E-state index in [1.165, 1.54) is 12.1 Å². The fourth-order valence-corrected chi connectivity index (χ4v) is 4.45. The molecule has 1 N–H and O–H groups in total. The molecule has 1 aliphatic rings. The van der Waals surface area contributed by atoms with Crippen LogP contribution in [0.3, 0.4) is 0 Å². The third-order valence-electron chi connectivity index (χ3n) is 4.91. The van der Waals surface area contributed by atoms with E-state index in [9.17, 15) is 13.2 Å². The van der Waals surface area contributed by atoms with E-state index in [0.717, 1.165) is 37.4 Å². The van der Waals surface area contributed by atoms with Crippen LogP contribution in [-0.4, -0.2) is 57.7 Å². The zero-order chi connectivity index (χ0) is 20.9. The lowest BCUT2D eigenvalue weighted by Crippen LogP contribution is -2.46. The Morgan fingerprint density at radius 3 is 2.38 bits per heavy atom. The number of benzene rings is 2. The summed E-state index contributed by atoms with van der Waals surface area (Å²) in [5.41, 5.74) is 2.46. The second kappa shape index (κ2) is 9.12. The first-order valence-corrected chi connectivity index (χ1v) is 11.1. The number of carbonyl (C=O) groups excluding carboxylic acids is 1. The number of anilines is 2. The predicted molar refractivity (Wildman–Crippen MR) is 116 cm³/mol. The molecule has 1 aliphatic heterocycles. The molecule has 1 saturated heterocycles. The van der Waals surface area contributed by atoms with Crippen LogP contribution in [0.2, 0.25) is 0 Å². The molecule has 0 aliphatic carbocycles. The highest BCUT2D eigenvalue weighted by atomic mass is 32.2. The van der Waals surface area contributed by atoms with Gasteiger partial charge in [-0.25, -0.2) is 8.42 Å². The smallest absolute Gasteiger partial charge is 0.240 e. The Hall–Kier alpha value is -2.82. The summed E-state index contributed by atoms with van der Waals surface area (Å²) in [5.74, 6) is 1.51. The first-order valence-electron chi connectivity index (χ1n) is 9.48. The Labute approximate surface area is 172 Å². The van der Waals surface area contributed by atoms with Gasteiger partial charge in [0.2, 0.25) is 5.91 Å². The van der Waals surface area contributed by atoms with Gasteiger partial charge in [-0.3, -0.25) is 9.69 Å². The topological polar surface area (TPSA) is 69.7 Å². The zero-order valence-electron chi connectivity index (χ0n) is 16.5. The molecule has 0 aromatic heterocycles. The molecule has 1 heterocycles. The van der Waals surface area contributed by atoms with Crippen molar-refractivity contribution < 1.29 is 13.2 Å². The number of piperazine rings is 1. The maximum absolute atomic E-state index is 12.5. The van der Waals surface area contributed by atoms with E-state index in [0.29, 0.717) is 12.2 Å². The highest BCUT2D eigenvalue weighted by Gasteiger charge is 2.22. The van der Waals surface area contributed by atoms with Crippen molar-refractivity contribution in [3.8, 4) is 12.3 Å². The van der Waals surface area contributed by atoms with Gasteiger partial charge < -0.3 is 10.2 Å². The van der Waals surface area contributed by atoms with Crippen molar-refractivity contribution in [3.63, 3.8) is 0 Å². The second-order valence-corrected chi connectivity index (χ2v) is 9.09. The third kappa shape index (κ3) is 5.37. The fourth-order valence-electron chi connectivity index (χ4n) is 3.32. The summed E-state index contributed by atoms with van der Waals surface area (Å²) < 4.78 is 25.1. The number of carbonyl (C=O) groups is 1. The molecule has 152 valence electrons. The molecular weight excluding hydrogens is 386 g/mol. The molecule has 2 aromatic rings. The molecule has 0 unspecified atom stereocenters. The largest absolute Gasteiger partial charge is 0.367 e. The summed E-state index contributed by atoms with van der Waals surface area (Å²) in [6, 6.07) is 14.0. The van der Waals surface area contributed by atoms with Crippen molar-refractivity contribution in [2.75, 3.05) is 48.7 Å². The van der Waals surface area contributed by atoms with E-state index in [4.69, 9.17) is 6.42 Å². The van der Waals surface area contributed by atoms with Crippen LogP contribution in [0.15, 0.2) is 53.4 Å². The lowest BCUT2D eigenvalue weighted by Gasteiger charge is -2.36. The molecule has 0 atom stereocenters. The van der Waals surface area contributed by atoms with Crippen LogP contribution >= 0.6 is 0 Å². The summed E-state index contributed by atoms with van der Waals surface area (Å²) in [6.45, 7) is 5.77. The molecule has 0 radical (unpaired) electrons. The lowest BCUT2D eigenvalue weighted by molar-refractivity contribution is -0.113. The van der Waals surface area contributed by atoms with Gasteiger partial charge in [0.1, 0.15) is 5.75 Å². The molecule has 0 spiro atoms. The van der Waals surface area contributed by atoms with Crippen LogP contribution in [0, 0.1) is 19.3 Å². The Morgan fingerprint density at radius 2 is 1.72 bits per heavy atom. The first-order chi connectivity index (χ1) is 13.9. The SMILES string of the molecule is C#CCN1CCN(c2ccccc2NC(=O)CS(=O)(=O)c2ccc(C)cc2)CC1. The summed E-state index contributed by atoms with van der Waals surface area (Å²) >= 11 is 0. The van der Waals surface area contributed by atoms with Gasteiger partial charge in [-0.15, -0.1) is 6.42 Å². The average Bonchev–Trinajstić information content (AvgIpc) is 2.69. The fraction of sp³-hybridized carbons (Fsp3) is 0.318. The Balaban J connectivity index is 1.68. The minimum absolute atomic E-state index is 0.149. The normalized spacial score (nSPS) is 15.0. The quantitative estimate of drug-likeness (QED) is 0.738. The highest BCUT2D eigenvalue weighted by Crippen LogP contribution is 2.27. The standard InChI is InChI=1S/C22H25N3O3S/c1-3-12-24-13-15-25(16-14-24)21-7-5-4-6-20(21)23-22(26)17-29(27,28)19-10-8-18(2)9-11-19/h1,4-11H,12-17H2,2H3,(H,23,26). The average molecular weight is 412 g/mol. The maximum atomic E-state index is 12.5. The van der Waals surface area contributed by atoms with Crippen LogP contribution in [0.1, 0.15) is 5.56 Å². The summed E-state index contributed by atoms with van der Waals surface area (Å²) in [5, 5.41) is 2.78. The van der Waals surface area contributed by atoms with Crippen LogP contribution in [0.4, 0.5) is 11.4 Å². The second-order valence-electron chi connectivity index (χ2n) is 7.10. The minimum Gasteiger partial charge on any atom is -0.367 e. The van der Waals surface area contributed by atoms with Crippen molar-refractivity contribution in [2.24, 2.45) is 0 Å². The number of sulfone groups is 1. The number of rotatable bonds is 6. The number of nitrogens with zero attached hydrogens (tertiary/aromatic N) is 2. The van der Waals surface area contributed by atoms with E-state index in [2.05, 4.69) is 21.0 Å². The van der Waals surface area contributed by atoms with E-state index in [1.807, 2.05) is 25.1 Å². The van der Waals surface area contributed by atoms with Gasteiger partial charge in [-0.05, 0) is 31.2 Å². The number of aryl methyl sites for hydroxylation is 1. The van der Waals surface area contributed by atoms with E-state index >= 15 is 0 Å². The van der Waals surface area contributed by atoms with Crippen LogP contribution < -0.4 is 10.2 Å². The van der Waals surface area contributed by atoms with Gasteiger partial charge in [0.05, 0.1) is 22.8 Å². The van der Waals surface area contributed by atoms with E-state index < -0.39 is 21.5 Å². The number of hydrogen-bond acceptors (Lipinski definition) is 5. The number of para-hydroxylation sites is 2. The molecule has 6 nitrogen and oxygen atoms in total. The minimum atomic E-state index is -3.70. The van der Waals surface area contributed by atoms with Crippen molar-refractivity contribution in [1.29, 1.82) is 0 Å². The Morgan fingerprint density at radius 1 is 1.07 bits per heavy atom. The molecule has 2 aromatic carbocycles. The van der Waals surface area contributed by atoms with Gasteiger partial charge in [0, 0.05) is 26.2 Å². The van der Waals surface area contributed by atoms with Crippen LogP contribution in [0.25, 0.3) is 0 Å². The number of terminal acetylenes is 1. The number of nitrogens with one attached hydrogen (secondary N) is 1. The zero-order valence-corrected chi connectivity index (χ0v) is 17.3. The van der Waals surface area contributed by atoms with Crippen LogP contribution in [0.5, 0.6) is 0 Å². The number of hydrogen-bond donors (Lipinski definition) is 1. The van der Waals surface area contributed by atoms with E-state index in [-0.39, 0.29) is 4.90 Å². The van der Waals surface area contributed by atoms with Crippen LogP contribution in [-0.2, 0) is 14.6 Å². The highest BCUT2D eigenvalue weighted by molar-refractivity contribution is 7.92. The third-order valence-corrected chi connectivity index (χ3v) is 6.54. The molecule has 7 heteroatoms. The number of amides is 1. The molecule has 3 rings (SSSR count). The Kier molecular flexibility index (Phi) is 6.57. The predicted octanol–water partition coefficient (Wildman–Crippen LogP) is 2.16. The van der Waals surface area contributed by atoms with Crippen molar-refractivity contribution in [1.82, 2.24) is 4.90 Å². The van der Waals surface area contributed by atoms with Crippen molar-refractivity contribution in [2.45, 2.75) is 11.8 Å². The van der Waals surface area contributed by atoms with Crippen molar-refractivity contribution in [3.05, 3.63) is 54.1 Å². The molecule has 0 bridgehead atoms. The molecule has 29 heavy (non-hydrogen) atoms. The lowest BCUT2D eigenvalue weighted by atomic mass is 10.2. The molecule has 1 fully saturated rings. The summed E-state index contributed by atoms with van der Waals surface area (Å²) in [4.78, 5) is 17.0. The molecule has 1 amide bonds. The summed E-state index contributed by atoms with van der Waals surface area (Å²) in [7, 11) is -3.70. The monoisotopic (exact) mass is 411 g/mol. The maximum Gasteiger partial charge on any atom is 0.240 e. The van der Waals surface area contributed by atoms with Gasteiger partial charge >= 0.3 is 0 Å². The first kappa shape index (κ1) is 20.9. The van der Waals surface area contributed by atoms with Gasteiger partial charge in [-0.1, -0.05) is 35.7 Å². The Bertz CT molecular complexity index is 1000. The van der Waals surface area contributed by atoms with Gasteiger partial charge in [-0.2, -0.15) is 0 Å². The summed E-state index contributed by atoms with van der Waals surface area (Å²) in [6.07, 6.45) is 5.38.